The molecule has 4 heterocycles. The van der Waals surface area contributed by atoms with Gasteiger partial charge in [-0.25, -0.2) is 18.7 Å². The third-order valence-corrected chi connectivity index (χ3v) is 7.94. The Morgan fingerprint density at radius 1 is 0.975 bits per heavy atom. The van der Waals surface area contributed by atoms with Crippen molar-refractivity contribution in [2.75, 3.05) is 43.1 Å². The van der Waals surface area contributed by atoms with Gasteiger partial charge in [0.05, 0.1) is 23.0 Å². The molecule has 40 heavy (non-hydrogen) atoms. The molecule has 0 bridgehead atoms. The molecule has 2 aromatic carbocycles. The molecule has 0 saturated carbocycles. The fourth-order valence-electron chi connectivity index (χ4n) is 5.80. The van der Waals surface area contributed by atoms with Crippen molar-refractivity contribution in [3.63, 3.8) is 0 Å². The summed E-state index contributed by atoms with van der Waals surface area (Å²) in [6.07, 6.45) is 5.70. The van der Waals surface area contributed by atoms with Gasteiger partial charge in [0.2, 0.25) is 0 Å². The van der Waals surface area contributed by atoms with Gasteiger partial charge in [-0.3, -0.25) is 4.57 Å². The van der Waals surface area contributed by atoms with Gasteiger partial charge in [0.25, 0.3) is 0 Å². The number of rotatable bonds is 5. The minimum absolute atomic E-state index is 0.0353. The number of pyridine rings is 1. The third kappa shape index (κ3) is 4.76. The van der Waals surface area contributed by atoms with Crippen LogP contribution in [0.2, 0.25) is 0 Å². The molecule has 0 aliphatic carbocycles. The highest BCUT2D eigenvalue weighted by Crippen LogP contribution is 2.35. The van der Waals surface area contributed by atoms with E-state index in [2.05, 4.69) is 14.8 Å². The Bertz CT molecular complexity index is 1600. The van der Waals surface area contributed by atoms with E-state index in [1.165, 1.54) is 18.2 Å². The lowest BCUT2D eigenvalue weighted by Gasteiger charge is -2.25. The third-order valence-electron chi connectivity index (χ3n) is 7.94. The van der Waals surface area contributed by atoms with Gasteiger partial charge in [0.1, 0.15) is 29.0 Å². The summed E-state index contributed by atoms with van der Waals surface area (Å²) in [5.41, 5.74) is 9.63. The first-order chi connectivity index (χ1) is 19.5. The van der Waals surface area contributed by atoms with E-state index in [4.69, 9.17) is 15.5 Å². The molecule has 2 saturated heterocycles. The van der Waals surface area contributed by atoms with Crippen LogP contribution in [0.15, 0.2) is 48.7 Å². The molecular formula is C30H31F2N7O. The zero-order valence-electron chi connectivity index (χ0n) is 22.4. The molecule has 8 nitrogen and oxygen atoms in total. The molecule has 206 valence electrons. The van der Waals surface area contributed by atoms with E-state index in [-0.39, 0.29) is 23.4 Å². The molecule has 2 fully saturated rings. The standard InChI is InChI=1S/C30H31F2N7O/c1-40-23-10-13-37(18-23)22-7-8-26(25(32)15-22)39-29(19-5-6-20(16-33)24(31)14-19)36-28-27(9-11-35-30(28)39)38-12-3-2-4-21(34)17-38/h5-9,11,14-15,21,23H,2-4,10,12-13,17-18,34H2,1H3/t21-,23+/m1/s1. The molecule has 2 aliphatic heterocycles. The predicted molar refractivity (Wildman–Crippen MR) is 151 cm³/mol. The summed E-state index contributed by atoms with van der Waals surface area (Å²) in [4.78, 5) is 13.9. The Morgan fingerprint density at radius 3 is 2.60 bits per heavy atom. The average Bonchev–Trinajstić information content (AvgIpc) is 3.53. The molecule has 2 atom stereocenters. The van der Waals surface area contributed by atoms with Crippen LogP contribution in [0.1, 0.15) is 31.2 Å². The molecule has 0 amide bonds. The molecule has 10 heteroatoms. The second-order valence-electron chi connectivity index (χ2n) is 10.5. The van der Waals surface area contributed by atoms with Crippen LogP contribution in [0.4, 0.5) is 20.2 Å². The molecule has 2 aliphatic rings. The number of nitriles is 1. The number of fused-ring (bicyclic) bond motifs is 1. The zero-order chi connectivity index (χ0) is 27.8. The first-order valence-corrected chi connectivity index (χ1v) is 13.6. The molecule has 0 unspecified atom stereocenters. The highest BCUT2D eigenvalue weighted by atomic mass is 19.1. The van der Waals surface area contributed by atoms with Gasteiger partial charge in [0.15, 0.2) is 5.65 Å². The van der Waals surface area contributed by atoms with Crippen LogP contribution >= 0.6 is 0 Å². The van der Waals surface area contributed by atoms with E-state index in [1.807, 2.05) is 18.2 Å². The summed E-state index contributed by atoms with van der Waals surface area (Å²) >= 11 is 0. The quantitative estimate of drug-likeness (QED) is 0.387. The van der Waals surface area contributed by atoms with E-state index >= 15 is 4.39 Å². The van der Waals surface area contributed by atoms with Gasteiger partial charge in [-0.1, -0.05) is 6.42 Å². The number of halogens is 2. The van der Waals surface area contributed by atoms with Crippen molar-refractivity contribution in [2.45, 2.75) is 37.8 Å². The summed E-state index contributed by atoms with van der Waals surface area (Å²) in [5.74, 6) is -0.774. The van der Waals surface area contributed by atoms with Crippen LogP contribution in [-0.4, -0.2) is 60.0 Å². The van der Waals surface area contributed by atoms with E-state index in [9.17, 15) is 9.65 Å². The summed E-state index contributed by atoms with van der Waals surface area (Å²) in [6.45, 7) is 2.97. The number of hydrogen-bond donors (Lipinski definition) is 1. The van der Waals surface area contributed by atoms with Crippen molar-refractivity contribution >= 4 is 22.5 Å². The maximum atomic E-state index is 15.9. The average molecular weight is 544 g/mol. The zero-order valence-corrected chi connectivity index (χ0v) is 22.4. The second kappa shape index (κ2) is 10.8. The predicted octanol–water partition coefficient (Wildman–Crippen LogP) is 4.78. The Kier molecular flexibility index (Phi) is 7.09. The van der Waals surface area contributed by atoms with Crippen molar-refractivity contribution < 1.29 is 13.5 Å². The van der Waals surface area contributed by atoms with Gasteiger partial charge in [-0.05, 0) is 61.7 Å². The normalized spacial score (nSPS) is 19.7. The first kappa shape index (κ1) is 26.2. The van der Waals surface area contributed by atoms with Crippen LogP contribution in [0, 0.1) is 23.0 Å². The molecular weight excluding hydrogens is 512 g/mol. The minimum Gasteiger partial charge on any atom is -0.380 e. The Hall–Kier alpha value is -4.07. The number of anilines is 2. The number of benzene rings is 2. The van der Waals surface area contributed by atoms with E-state index in [0.717, 1.165) is 50.1 Å². The molecule has 6 rings (SSSR count). The highest BCUT2D eigenvalue weighted by molar-refractivity contribution is 5.90. The lowest BCUT2D eigenvalue weighted by atomic mass is 10.1. The number of hydrogen-bond acceptors (Lipinski definition) is 7. The summed E-state index contributed by atoms with van der Waals surface area (Å²) in [7, 11) is 1.69. The maximum absolute atomic E-state index is 15.9. The smallest absolute Gasteiger partial charge is 0.167 e. The lowest BCUT2D eigenvalue weighted by molar-refractivity contribution is 0.121. The number of nitrogens with zero attached hydrogens (tertiary/aromatic N) is 6. The largest absolute Gasteiger partial charge is 0.380 e. The molecule has 0 radical (unpaired) electrons. The van der Waals surface area contributed by atoms with Crippen LogP contribution in [-0.2, 0) is 4.74 Å². The summed E-state index contributed by atoms with van der Waals surface area (Å²) < 4.78 is 37.8. The second-order valence-corrected chi connectivity index (χ2v) is 10.5. The lowest BCUT2D eigenvalue weighted by Crippen LogP contribution is -2.35. The van der Waals surface area contributed by atoms with Crippen LogP contribution < -0.4 is 15.5 Å². The monoisotopic (exact) mass is 543 g/mol. The Balaban J connectivity index is 1.51. The van der Waals surface area contributed by atoms with Crippen molar-refractivity contribution in [1.82, 2.24) is 14.5 Å². The number of aromatic nitrogens is 3. The van der Waals surface area contributed by atoms with E-state index in [1.54, 1.807) is 30.0 Å². The maximum Gasteiger partial charge on any atom is 0.167 e. The van der Waals surface area contributed by atoms with E-state index < -0.39 is 11.6 Å². The van der Waals surface area contributed by atoms with Crippen molar-refractivity contribution in [1.29, 1.82) is 5.26 Å². The Labute approximate surface area is 231 Å². The minimum atomic E-state index is -0.664. The van der Waals surface area contributed by atoms with Crippen LogP contribution in [0.25, 0.3) is 28.2 Å². The summed E-state index contributed by atoms with van der Waals surface area (Å²) in [5, 5.41) is 9.24. The van der Waals surface area contributed by atoms with Crippen LogP contribution in [0.3, 0.4) is 0 Å². The highest BCUT2D eigenvalue weighted by Gasteiger charge is 2.26. The number of ether oxygens (including phenoxy) is 1. The van der Waals surface area contributed by atoms with Crippen molar-refractivity contribution in [2.24, 2.45) is 5.73 Å². The fourth-order valence-corrected chi connectivity index (χ4v) is 5.80. The summed E-state index contributed by atoms with van der Waals surface area (Å²) in [6, 6.07) is 13.2. The number of methoxy groups -OCH3 is 1. The van der Waals surface area contributed by atoms with Crippen molar-refractivity contribution in [3.8, 4) is 23.1 Å². The topological polar surface area (TPSA) is 96.2 Å². The molecule has 0 spiro atoms. The van der Waals surface area contributed by atoms with Gasteiger partial charge in [0, 0.05) is 56.8 Å². The first-order valence-electron chi connectivity index (χ1n) is 13.6. The van der Waals surface area contributed by atoms with Gasteiger partial charge >= 0.3 is 0 Å². The van der Waals surface area contributed by atoms with E-state index in [0.29, 0.717) is 35.6 Å². The van der Waals surface area contributed by atoms with Gasteiger partial charge in [-0.2, -0.15) is 5.26 Å². The number of nitrogens with two attached hydrogens (primary N) is 1. The molecule has 4 aromatic rings. The fraction of sp³-hybridized carbons (Fsp3) is 0.367. The molecule has 2 N–H and O–H groups in total. The molecule has 2 aromatic heterocycles. The SMILES string of the molecule is CO[C@H]1CCN(c2ccc(-n3c(-c4ccc(C#N)c(F)c4)nc4c(N5CCCC[C@@H](N)C5)ccnc43)c(F)c2)C1. The number of imidazole rings is 1. The van der Waals surface area contributed by atoms with Crippen LogP contribution in [0.5, 0.6) is 0 Å². The van der Waals surface area contributed by atoms with Gasteiger partial charge in [-0.15, -0.1) is 0 Å². The Morgan fingerprint density at radius 2 is 1.85 bits per heavy atom. The van der Waals surface area contributed by atoms with Gasteiger partial charge < -0.3 is 20.3 Å². The van der Waals surface area contributed by atoms with Crippen molar-refractivity contribution in [3.05, 3.63) is 65.9 Å².